The normalized spacial score (nSPS) is 12.4. The maximum Gasteiger partial charge on any atom is 0.304 e. The Labute approximate surface area is 146 Å². The molecule has 1 unspecified atom stereocenters. The highest BCUT2D eigenvalue weighted by atomic mass is 32.1. The SMILES string of the molecule is CCCCCCCCCCC=CC(CC(=O)O)C(=O)NCCS. The second kappa shape index (κ2) is 15.9. The highest BCUT2D eigenvalue weighted by molar-refractivity contribution is 7.80. The van der Waals surface area contributed by atoms with Crippen LogP contribution < -0.4 is 5.32 Å². The van der Waals surface area contributed by atoms with Crippen molar-refractivity contribution < 1.29 is 14.7 Å². The van der Waals surface area contributed by atoms with Crippen molar-refractivity contribution in [3.05, 3.63) is 12.2 Å². The minimum Gasteiger partial charge on any atom is -0.481 e. The van der Waals surface area contributed by atoms with Crippen LogP contribution in [0.4, 0.5) is 0 Å². The first-order chi connectivity index (χ1) is 11.1. The van der Waals surface area contributed by atoms with Gasteiger partial charge >= 0.3 is 5.97 Å². The standard InChI is InChI=1S/C18H33NO3S/c1-2-3-4-5-6-7-8-9-10-11-12-16(15-17(20)21)18(22)19-13-14-23/h11-12,16,23H,2-10,13-15H2,1H3,(H,19,22)(H,20,21). The molecule has 0 rings (SSSR count). The van der Waals surface area contributed by atoms with Gasteiger partial charge < -0.3 is 10.4 Å². The number of rotatable bonds is 15. The summed E-state index contributed by atoms with van der Waals surface area (Å²) >= 11 is 4.03. The van der Waals surface area contributed by atoms with Crippen molar-refractivity contribution in [2.75, 3.05) is 12.3 Å². The van der Waals surface area contributed by atoms with Crippen molar-refractivity contribution >= 4 is 24.5 Å². The average Bonchev–Trinajstić information content (AvgIpc) is 2.52. The summed E-state index contributed by atoms with van der Waals surface area (Å²) in [6.45, 7) is 2.69. The summed E-state index contributed by atoms with van der Waals surface area (Å²) in [4.78, 5) is 22.7. The third-order valence-corrected chi connectivity index (χ3v) is 3.96. The van der Waals surface area contributed by atoms with Crippen molar-refractivity contribution in [3.8, 4) is 0 Å². The van der Waals surface area contributed by atoms with Gasteiger partial charge in [0.25, 0.3) is 0 Å². The summed E-state index contributed by atoms with van der Waals surface area (Å²) in [6.07, 6.45) is 14.6. The lowest BCUT2D eigenvalue weighted by Crippen LogP contribution is -2.32. The predicted octanol–water partition coefficient (Wildman–Crippen LogP) is 4.21. The third kappa shape index (κ3) is 14.4. The number of hydrogen-bond acceptors (Lipinski definition) is 3. The van der Waals surface area contributed by atoms with E-state index in [-0.39, 0.29) is 12.3 Å². The van der Waals surface area contributed by atoms with Gasteiger partial charge in [-0.05, 0) is 12.8 Å². The van der Waals surface area contributed by atoms with E-state index in [9.17, 15) is 9.59 Å². The number of thiol groups is 1. The molecular formula is C18H33NO3S. The van der Waals surface area contributed by atoms with Gasteiger partial charge in [-0.3, -0.25) is 9.59 Å². The number of allylic oxidation sites excluding steroid dienone is 1. The molecule has 0 fully saturated rings. The summed E-state index contributed by atoms with van der Waals surface area (Å²) in [6, 6.07) is 0. The first-order valence-electron chi connectivity index (χ1n) is 8.88. The van der Waals surface area contributed by atoms with Crippen LogP contribution in [0.1, 0.15) is 71.1 Å². The molecule has 1 amide bonds. The Hall–Kier alpha value is -0.970. The molecule has 0 heterocycles. The van der Waals surface area contributed by atoms with Crippen LogP contribution in [0, 0.1) is 5.92 Å². The smallest absolute Gasteiger partial charge is 0.304 e. The van der Waals surface area contributed by atoms with Gasteiger partial charge in [0.1, 0.15) is 0 Å². The molecule has 0 saturated carbocycles. The summed E-state index contributed by atoms with van der Waals surface area (Å²) in [5.74, 6) is -1.21. The summed E-state index contributed by atoms with van der Waals surface area (Å²) in [7, 11) is 0. The number of carbonyl (C=O) groups excluding carboxylic acids is 1. The van der Waals surface area contributed by atoms with Crippen molar-refractivity contribution in [3.63, 3.8) is 0 Å². The Morgan fingerprint density at radius 1 is 1.09 bits per heavy atom. The van der Waals surface area contributed by atoms with E-state index in [1.54, 1.807) is 6.08 Å². The topological polar surface area (TPSA) is 66.4 Å². The molecule has 0 bridgehead atoms. The fraction of sp³-hybridized carbons (Fsp3) is 0.778. The molecule has 2 N–H and O–H groups in total. The van der Waals surface area contributed by atoms with Gasteiger partial charge in [0.2, 0.25) is 5.91 Å². The van der Waals surface area contributed by atoms with E-state index in [2.05, 4.69) is 24.9 Å². The average molecular weight is 344 g/mol. The van der Waals surface area contributed by atoms with Crippen LogP contribution in [0.5, 0.6) is 0 Å². The van der Waals surface area contributed by atoms with Gasteiger partial charge in [-0.15, -0.1) is 0 Å². The van der Waals surface area contributed by atoms with Crippen LogP contribution in [0.15, 0.2) is 12.2 Å². The number of unbranched alkanes of at least 4 members (excludes halogenated alkanes) is 8. The molecule has 0 aliphatic heterocycles. The zero-order chi connectivity index (χ0) is 17.3. The van der Waals surface area contributed by atoms with Gasteiger partial charge in [-0.1, -0.05) is 64.0 Å². The molecule has 23 heavy (non-hydrogen) atoms. The highest BCUT2D eigenvalue weighted by Crippen LogP contribution is 2.11. The van der Waals surface area contributed by atoms with Crippen LogP contribution in [0.2, 0.25) is 0 Å². The number of nitrogens with one attached hydrogen (secondary N) is 1. The fourth-order valence-corrected chi connectivity index (χ4v) is 2.51. The van der Waals surface area contributed by atoms with E-state index >= 15 is 0 Å². The van der Waals surface area contributed by atoms with Gasteiger partial charge in [0.05, 0.1) is 12.3 Å². The van der Waals surface area contributed by atoms with Crippen molar-refractivity contribution in [2.45, 2.75) is 71.1 Å². The van der Waals surface area contributed by atoms with Crippen LogP contribution in [-0.2, 0) is 9.59 Å². The Morgan fingerprint density at radius 2 is 1.70 bits per heavy atom. The number of amides is 1. The minimum absolute atomic E-state index is 0.160. The van der Waals surface area contributed by atoms with Gasteiger partial charge in [-0.25, -0.2) is 0 Å². The molecule has 0 saturated heterocycles. The molecule has 0 aliphatic carbocycles. The molecule has 1 atom stereocenters. The predicted molar refractivity (Wildman–Crippen MR) is 99.0 cm³/mol. The van der Waals surface area contributed by atoms with E-state index in [1.165, 1.54) is 44.9 Å². The van der Waals surface area contributed by atoms with Gasteiger partial charge in [-0.2, -0.15) is 12.6 Å². The van der Waals surface area contributed by atoms with E-state index in [4.69, 9.17) is 5.11 Å². The Bertz CT molecular complexity index is 345. The first kappa shape index (κ1) is 22.0. The number of hydrogen-bond donors (Lipinski definition) is 3. The molecule has 0 spiro atoms. The number of carbonyl (C=O) groups is 2. The Balaban J connectivity index is 3.87. The van der Waals surface area contributed by atoms with Gasteiger partial charge in [0.15, 0.2) is 0 Å². The van der Waals surface area contributed by atoms with E-state index < -0.39 is 11.9 Å². The first-order valence-corrected chi connectivity index (χ1v) is 9.52. The van der Waals surface area contributed by atoms with Crippen LogP contribution in [0.25, 0.3) is 0 Å². The lowest BCUT2D eigenvalue weighted by atomic mass is 10.0. The quantitative estimate of drug-likeness (QED) is 0.237. The van der Waals surface area contributed by atoms with Crippen LogP contribution >= 0.6 is 12.6 Å². The molecule has 0 aromatic rings. The molecular weight excluding hydrogens is 310 g/mol. The summed E-state index contributed by atoms with van der Waals surface area (Å²) in [5.41, 5.74) is 0. The zero-order valence-corrected chi connectivity index (χ0v) is 15.3. The van der Waals surface area contributed by atoms with E-state index in [0.29, 0.717) is 12.3 Å². The zero-order valence-electron chi connectivity index (χ0n) is 14.4. The minimum atomic E-state index is -0.951. The molecule has 4 nitrogen and oxygen atoms in total. The van der Waals surface area contributed by atoms with Crippen molar-refractivity contribution in [2.24, 2.45) is 5.92 Å². The fourth-order valence-electron chi connectivity index (χ4n) is 2.40. The monoisotopic (exact) mass is 343 g/mol. The van der Waals surface area contributed by atoms with Crippen molar-refractivity contribution in [1.82, 2.24) is 5.32 Å². The number of aliphatic carboxylic acids is 1. The second-order valence-electron chi connectivity index (χ2n) is 5.91. The molecule has 0 aromatic heterocycles. The number of carboxylic acids is 1. The lowest BCUT2D eigenvalue weighted by Gasteiger charge is -2.10. The third-order valence-electron chi connectivity index (χ3n) is 3.74. The molecule has 0 radical (unpaired) electrons. The van der Waals surface area contributed by atoms with Crippen LogP contribution in [-0.4, -0.2) is 29.3 Å². The molecule has 0 aliphatic rings. The lowest BCUT2D eigenvalue weighted by molar-refractivity contribution is -0.140. The summed E-state index contributed by atoms with van der Waals surface area (Å²) < 4.78 is 0. The molecule has 0 aromatic carbocycles. The second-order valence-corrected chi connectivity index (χ2v) is 6.36. The van der Waals surface area contributed by atoms with Gasteiger partial charge in [0, 0.05) is 12.3 Å². The molecule has 134 valence electrons. The Morgan fingerprint density at radius 3 is 2.26 bits per heavy atom. The van der Waals surface area contributed by atoms with Crippen LogP contribution in [0.3, 0.4) is 0 Å². The summed E-state index contributed by atoms with van der Waals surface area (Å²) in [5, 5.41) is 11.6. The highest BCUT2D eigenvalue weighted by Gasteiger charge is 2.17. The molecule has 5 heteroatoms. The maximum atomic E-state index is 11.9. The van der Waals surface area contributed by atoms with Crippen molar-refractivity contribution in [1.29, 1.82) is 0 Å². The number of carboxylic acid groups (broad SMARTS) is 1. The van der Waals surface area contributed by atoms with E-state index in [0.717, 1.165) is 12.8 Å². The maximum absolute atomic E-state index is 11.9. The van der Waals surface area contributed by atoms with E-state index in [1.807, 2.05) is 6.08 Å². The largest absolute Gasteiger partial charge is 0.481 e. The Kier molecular flexibility index (Phi) is 15.2.